The maximum Gasteiger partial charge on any atom is 0.239 e. The second-order valence-electron chi connectivity index (χ2n) is 5.31. The Bertz CT molecular complexity index is 766. The molecule has 0 spiro atoms. The van der Waals surface area contributed by atoms with Crippen molar-refractivity contribution in [1.29, 1.82) is 0 Å². The van der Waals surface area contributed by atoms with Gasteiger partial charge in [-0.3, -0.25) is 9.59 Å². The quantitative estimate of drug-likeness (QED) is 0.875. The van der Waals surface area contributed by atoms with Gasteiger partial charge in [-0.2, -0.15) is 0 Å². The van der Waals surface area contributed by atoms with Gasteiger partial charge >= 0.3 is 0 Å². The third-order valence-corrected chi connectivity index (χ3v) is 3.97. The second-order valence-corrected chi connectivity index (χ2v) is 5.75. The van der Waals surface area contributed by atoms with Gasteiger partial charge in [0.25, 0.3) is 0 Å². The van der Waals surface area contributed by atoms with E-state index >= 15 is 0 Å². The highest BCUT2D eigenvalue weighted by Gasteiger charge is 2.37. The molecule has 1 saturated heterocycles. The molecule has 2 aromatic carbocycles. The molecule has 1 unspecified atom stereocenters. The molecule has 23 heavy (non-hydrogen) atoms. The Labute approximate surface area is 137 Å². The number of carbonyl (C=O) groups is 2. The fraction of sp³-hybridized carbons (Fsp3) is 0.176. The van der Waals surface area contributed by atoms with Crippen LogP contribution in [0.15, 0.2) is 48.5 Å². The molecule has 1 aliphatic heterocycles. The molecule has 118 valence electrons. The summed E-state index contributed by atoms with van der Waals surface area (Å²) in [6.45, 7) is 0.385. The van der Waals surface area contributed by atoms with Crippen LogP contribution in [0.25, 0.3) is 0 Å². The highest BCUT2D eigenvalue weighted by atomic mass is 35.5. The summed E-state index contributed by atoms with van der Waals surface area (Å²) < 4.78 is 13.3. The summed E-state index contributed by atoms with van der Waals surface area (Å²) in [6.07, 6.45) is 0.391. The minimum absolute atomic E-state index is 0.324. The first kappa shape index (κ1) is 15.5. The van der Waals surface area contributed by atoms with Crippen LogP contribution in [0.1, 0.15) is 6.42 Å². The highest BCUT2D eigenvalue weighted by Crippen LogP contribution is 2.27. The molecule has 2 amide bonds. The van der Waals surface area contributed by atoms with Crippen LogP contribution in [0.3, 0.4) is 0 Å². The summed E-state index contributed by atoms with van der Waals surface area (Å²) in [7, 11) is 0. The number of carbonyl (C=O) groups excluding carboxylic acids is 2. The maximum absolute atomic E-state index is 13.3. The van der Waals surface area contributed by atoms with Gasteiger partial charge < -0.3 is 10.2 Å². The van der Waals surface area contributed by atoms with Crippen LogP contribution in [0.2, 0.25) is 5.02 Å². The van der Waals surface area contributed by atoms with E-state index in [0.717, 1.165) is 0 Å². The predicted molar refractivity (Wildman–Crippen MR) is 86.9 cm³/mol. The van der Waals surface area contributed by atoms with Crippen molar-refractivity contribution < 1.29 is 14.0 Å². The standard InChI is InChI=1S/C17H14ClFN2O2/c18-11-3-1-5-13(9-11)20-16(22)15-7-8-21(17(15)23)14-6-2-4-12(19)10-14/h1-6,9-10,15H,7-8H2,(H,20,22). The zero-order chi connectivity index (χ0) is 16.4. The average Bonchev–Trinajstić information content (AvgIpc) is 2.89. The summed E-state index contributed by atoms with van der Waals surface area (Å²) in [6, 6.07) is 12.5. The number of hydrogen-bond acceptors (Lipinski definition) is 2. The molecule has 0 aromatic heterocycles. The average molecular weight is 333 g/mol. The number of nitrogens with one attached hydrogen (secondary N) is 1. The van der Waals surface area contributed by atoms with E-state index in [-0.39, 0.29) is 11.8 Å². The minimum Gasteiger partial charge on any atom is -0.325 e. The number of amides is 2. The molecule has 1 fully saturated rings. The third-order valence-electron chi connectivity index (χ3n) is 3.73. The number of benzene rings is 2. The van der Waals surface area contributed by atoms with Crippen molar-refractivity contribution in [3.8, 4) is 0 Å². The van der Waals surface area contributed by atoms with E-state index in [9.17, 15) is 14.0 Å². The van der Waals surface area contributed by atoms with Crippen LogP contribution in [0.4, 0.5) is 15.8 Å². The fourth-order valence-electron chi connectivity index (χ4n) is 2.62. The molecule has 2 aromatic rings. The lowest BCUT2D eigenvalue weighted by atomic mass is 10.1. The van der Waals surface area contributed by atoms with E-state index in [4.69, 9.17) is 11.6 Å². The molecule has 1 atom stereocenters. The topological polar surface area (TPSA) is 49.4 Å². The van der Waals surface area contributed by atoms with Gasteiger partial charge in [0.2, 0.25) is 11.8 Å². The molecule has 3 rings (SSSR count). The van der Waals surface area contributed by atoms with Crippen molar-refractivity contribution in [2.24, 2.45) is 5.92 Å². The normalized spacial score (nSPS) is 17.4. The highest BCUT2D eigenvalue weighted by molar-refractivity contribution is 6.31. The second kappa shape index (κ2) is 6.38. The van der Waals surface area contributed by atoms with Gasteiger partial charge in [0, 0.05) is 22.9 Å². The SMILES string of the molecule is O=C(Nc1cccc(Cl)c1)C1CCN(c2cccc(F)c2)C1=O. The molecular formula is C17H14ClFN2O2. The zero-order valence-electron chi connectivity index (χ0n) is 12.1. The number of halogens is 2. The molecule has 1 N–H and O–H groups in total. The van der Waals surface area contributed by atoms with Gasteiger partial charge in [-0.25, -0.2) is 4.39 Å². The molecule has 1 aliphatic rings. The molecule has 0 radical (unpaired) electrons. The Kier molecular flexibility index (Phi) is 4.30. The predicted octanol–water partition coefficient (Wildman–Crippen LogP) is 3.47. The Morgan fingerprint density at radius 2 is 2.00 bits per heavy atom. The molecule has 0 saturated carbocycles. The summed E-state index contributed by atoms with van der Waals surface area (Å²) in [4.78, 5) is 26.2. The fourth-order valence-corrected chi connectivity index (χ4v) is 2.81. The number of hydrogen-bond donors (Lipinski definition) is 1. The minimum atomic E-state index is -0.780. The first-order valence-corrected chi connectivity index (χ1v) is 7.56. The zero-order valence-corrected chi connectivity index (χ0v) is 12.9. The largest absolute Gasteiger partial charge is 0.325 e. The van der Waals surface area contributed by atoms with E-state index in [1.165, 1.54) is 23.1 Å². The molecule has 1 heterocycles. The first-order valence-electron chi connectivity index (χ1n) is 7.18. The lowest BCUT2D eigenvalue weighted by Gasteiger charge is -2.16. The van der Waals surface area contributed by atoms with Crippen molar-refractivity contribution in [2.75, 3.05) is 16.8 Å². The smallest absolute Gasteiger partial charge is 0.239 e. The lowest BCUT2D eigenvalue weighted by molar-refractivity contribution is -0.129. The van der Waals surface area contributed by atoms with Gasteiger partial charge in [0.1, 0.15) is 11.7 Å². The summed E-state index contributed by atoms with van der Waals surface area (Å²) in [5.41, 5.74) is 1.01. The molecule has 0 aliphatic carbocycles. The van der Waals surface area contributed by atoms with Crippen LogP contribution < -0.4 is 10.2 Å². The Hall–Kier alpha value is -2.40. The Balaban J connectivity index is 1.72. The van der Waals surface area contributed by atoms with Gasteiger partial charge in [-0.15, -0.1) is 0 Å². The van der Waals surface area contributed by atoms with Crippen LogP contribution >= 0.6 is 11.6 Å². The summed E-state index contributed by atoms with van der Waals surface area (Å²) >= 11 is 5.87. The number of rotatable bonds is 3. The van der Waals surface area contributed by atoms with Crippen molar-refractivity contribution in [3.63, 3.8) is 0 Å². The third kappa shape index (κ3) is 3.35. The molecule has 0 bridgehead atoms. The van der Waals surface area contributed by atoms with Crippen molar-refractivity contribution in [3.05, 3.63) is 59.4 Å². The van der Waals surface area contributed by atoms with E-state index in [1.807, 2.05) is 0 Å². The monoisotopic (exact) mass is 332 g/mol. The van der Waals surface area contributed by atoms with E-state index in [2.05, 4.69) is 5.32 Å². The van der Waals surface area contributed by atoms with Gasteiger partial charge in [0.05, 0.1) is 0 Å². The lowest BCUT2D eigenvalue weighted by Crippen LogP contribution is -2.33. The first-order chi connectivity index (χ1) is 11.0. The molecule has 4 nitrogen and oxygen atoms in total. The Morgan fingerprint density at radius 1 is 1.22 bits per heavy atom. The van der Waals surface area contributed by atoms with Crippen LogP contribution in [-0.2, 0) is 9.59 Å². The number of nitrogens with zero attached hydrogens (tertiary/aromatic N) is 1. The van der Waals surface area contributed by atoms with Crippen molar-refractivity contribution in [2.45, 2.75) is 6.42 Å². The molecule has 6 heteroatoms. The summed E-state index contributed by atoms with van der Waals surface area (Å²) in [5, 5.41) is 3.20. The van der Waals surface area contributed by atoms with Crippen LogP contribution in [0, 0.1) is 11.7 Å². The van der Waals surface area contributed by atoms with Crippen LogP contribution in [0.5, 0.6) is 0 Å². The van der Waals surface area contributed by atoms with Gasteiger partial charge in [0.15, 0.2) is 0 Å². The number of anilines is 2. The maximum atomic E-state index is 13.3. The summed E-state index contributed by atoms with van der Waals surface area (Å²) in [5.74, 6) is -1.90. The van der Waals surface area contributed by atoms with Gasteiger partial charge in [-0.1, -0.05) is 23.7 Å². The van der Waals surface area contributed by atoms with Crippen molar-refractivity contribution >= 4 is 34.8 Å². The van der Waals surface area contributed by atoms with Crippen LogP contribution in [-0.4, -0.2) is 18.4 Å². The van der Waals surface area contributed by atoms with Crippen molar-refractivity contribution in [1.82, 2.24) is 0 Å². The van der Waals surface area contributed by atoms with E-state index in [1.54, 1.807) is 30.3 Å². The molecular weight excluding hydrogens is 319 g/mol. The Morgan fingerprint density at radius 3 is 2.74 bits per heavy atom. The van der Waals surface area contributed by atoms with Gasteiger partial charge in [-0.05, 0) is 42.8 Å². The van der Waals surface area contributed by atoms with E-state index in [0.29, 0.717) is 29.4 Å². The van der Waals surface area contributed by atoms with E-state index < -0.39 is 11.7 Å².